The van der Waals surface area contributed by atoms with Crippen LogP contribution in [0.1, 0.15) is 16.1 Å². The van der Waals surface area contributed by atoms with Crippen LogP contribution in [0, 0.1) is 0 Å². The Bertz CT molecular complexity index is 904. The lowest BCUT2D eigenvalue weighted by Crippen LogP contribution is -2.11. The summed E-state index contributed by atoms with van der Waals surface area (Å²) in [5.74, 6) is 0.838. The van der Waals surface area contributed by atoms with Crippen LogP contribution in [0.15, 0.2) is 59.0 Å². The van der Waals surface area contributed by atoms with Gasteiger partial charge >= 0.3 is 0 Å². The highest BCUT2D eigenvalue weighted by atomic mass is 35.5. The van der Waals surface area contributed by atoms with Crippen LogP contribution >= 0.6 is 11.6 Å². The van der Waals surface area contributed by atoms with Crippen molar-refractivity contribution in [3.8, 4) is 17.1 Å². The van der Waals surface area contributed by atoms with Gasteiger partial charge in [0.1, 0.15) is 11.5 Å². The van der Waals surface area contributed by atoms with E-state index in [9.17, 15) is 9.90 Å². The predicted octanol–water partition coefficient (Wildman–Crippen LogP) is 4.35. The molecule has 3 aromatic rings. The van der Waals surface area contributed by atoms with Gasteiger partial charge in [-0.2, -0.15) is 0 Å². The lowest BCUT2D eigenvalue weighted by Gasteiger charge is -2.09. The minimum Gasteiger partial charge on any atom is -0.496 e. The Hall–Kier alpha value is -2.76. The number of carbonyl (C=O) groups is 1. The van der Waals surface area contributed by atoms with Crippen LogP contribution in [0.5, 0.6) is 5.75 Å². The van der Waals surface area contributed by atoms with E-state index in [0.717, 1.165) is 5.56 Å². The van der Waals surface area contributed by atoms with Gasteiger partial charge in [0.25, 0.3) is 5.91 Å². The van der Waals surface area contributed by atoms with Gasteiger partial charge in [0.05, 0.1) is 18.7 Å². The van der Waals surface area contributed by atoms with E-state index in [1.807, 2.05) is 18.2 Å². The van der Waals surface area contributed by atoms with Crippen molar-refractivity contribution in [1.29, 1.82) is 0 Å². The van der Waals surface area contributed by atoms with E-state index in [1.54, 1.807) is 36.4 Å². The molecule has 0 saturated carbocycles. The summed E-state index contributed by atoms with van der Waals surface area (Å²) < 4.78 is 10.8. The zero-order valence-electron chi connectivity index (χ0n) is 13.5. The molecule has 1 amide bonds. The summed E-state index contributed by atoms with van der Waals surface area (Å²) in [6.45, 7) is -0.190. The molecule has 2 N–H and O–H groups in total. The van der Waals surface area contributed by atoms with Gasteiger partial charge in [-0.3, -0.25) is 4.79 Å². The summed E-state index contributed by atoms with van der Waals surface area (Å²) in [5.41, 5.74) is 1.83. The Kier molecular flexibility index (Phi) is 5.07. The maximum Gasteiger partial charge on any atom is 0.291 e. The van der Waals surface area contributed by atoms with Crippen molar-refractivity contribution >= 4 is 23.2 Å². The highest BCUT2D eigenvalue weighted by Gasteiger charge is 2.14. The molecule has 0 aliphatic heterocycles. The smallest absolute Gasteiger partial charge is 0.291 e. The zero-order valence-corrected chi connectivity index (χ0v) is 14.2. The Balaban J connectivity index is 1.80. The third-order valence-corrected chi connectivity index (χ3v) is 4.01. The minimum absolute atomic E-state index is 0.163. The molecule has 0 spiro atoms. The van der Waals surface area contributed by atoms with Gasteiger partial charge < -0.3 is 19.6 Å². The number of aliphatic hydroxyl groups is 1. The Morgan fingerprint density at radius 1 is 1.20 bits per heavy atom. The molecule has 5 nitrogen and oxygen atoms in total. The molecule has 0 atom stereocenters. The van der Waals surface area contributed by atoms with Crippen LogP contribution < -0.4 is 10.1 Å². The fourth-order valence-electron chi connectivity index (χ4n) is 2.44. The van der Waals surface area contributed by atoms with Gasteiger partial charge in [0.15, 0.2) is 5.76 Å². The van der Waals surface area contributed by atoms with Gasteiger partial charge in [0.2, 0.25) is 0 Å². The topological polar surface area (TPSA) is 71.7 Å². The van der Waals surface area contributed by atoms with Crippen LogP contribution in [0.2, 0.25) is 5.02 Å². The first-order valence-corrected chi connectivity index (χ1v) is 7.94. The molecular formula is C19H16ClNO4. The number of hydrogen-bond acceptors (Lipinski definition) is 4. The number of methoxy groups -OCH3 is 1. The molecule has 3 rings (SSSR count). The molecule has 6 heteroatoms. The summed E-state index contributed by atoms with van der Waals surface area (Å²) >= 11 is 6.14. The molecule has 0 aliphatic carbocycles. The largest absolute Gasteiger partial charge is 0.496 e. The molecular weight excluding hydrogens is 342 g/mol. The van der Waals surface area contributed by atoms with Gasteiger partial charge in [0, 0.05) is 16.8 Å². The fourth-order valence-corrected chi connectivity index (χ4v) is 2.67. The lowest BCUT2D eigenvalue weighted by molar-refractivity contribution is 0.0997. The third kappa shape index (κ3) is 3.68. The number of anilines is 1. The molecule has 1 aromatic heterocycles. The molecule has 0 saturated heterocycles. The molecule has 0 bridgehead atoms. The number of hydrogen-bond donors (Lipinski definition) is 2. The van der Waals surface area contributed by atoms with Crippen LogP contribution in [-0.2, 0) is 6.61 Å². The molecule has 0 unspecified atom stereocenters. The number of furan rings is 1. The van der Waals surface area contributed by atoms with Crippen molar-refractivity contribution in [1.82, 2.24) is 0 Å². The Labute approximate surface area is 149 Å². The van der Waals surface area contributed by atoms with E-state index < -0.39 is 5.91 Å². The normalized spacial score (nSPS) is 10.5. The maximum absolute atomic E-state index is 12.4. The lowest BCUT2D eigenvalue weighted by atomic mass is 10.2. The number of halogens is 1. The average Bonchev–Trinajstić information content (AvgIpc) is 3.12. The summed E-state index contributed by atoms with van der Waals surface area (Å²) in [6, 6.07) is 15.5. The monoisotopic (exact) mass is 357 g/mol. The second-order valence-electron chi connectivity index (χ2n) is 5.28. The van der Waals surface area contributed by atoms with Gasteiger partial charge in [-0.05, 0) is 42.5 Å². The molecule has 128 valence electrons. The Morgan fingerprint density at radius 3 is 2.72 bits per heavy atom. The van der Waals surface area contributed by atoms with E-state index in [1.165, 1.54) is 7.11 Å². The summed E-state index contributed by atoms with van der Waals surface area (Å²) in [4.78, 5) is 12.4. The van der Waals surface area contributed by atoms with Crippen molar-refractivity contribution in [2.45, 2.75) is 6.61 Å². The second-order valence-corrected chi connectivity index (χ2v) is 5.69. The highest BCUT2D eigenvalue weighted by Crippen LogP contribution is 2.29. The molecule has 2 aromatic carbocycles. The zero-order chi connectivity index (χ0) is 17.8. The molecule has 25 heavy (non-hydrogen) atoms. The number of nitrogens with one attached hydrogen (secondary N) is 1. The van der Waals surface area contributed by atoms with Crippen LogP contribution in [0.25, 0.3) is 11.3 Å². The number of aliphatic hydroxyl groups excluding tert-OH is 1. The maximum atomic E-state index is 12.4. The van der Waals surface area contributed by atoms with Crippen molar-refractivity contribution in [2.75, 3.05) is 12.4 Å². The molecule has 0 aliphatic rings. The predicted molar refractivity (Wildman–Crippen MR) is 96.0 cm³/mol. The summed E-state index contributed by atoms with van der Waals surface area (Å²) in [5, 5.41) is 12.6. The number of carbonyl (C=O) groups excluding carboxylic acids is 1. The summed E-state index contributed by atoms with van der Waals surface area (Å²) in [6.07, 6.45) is 0. The Morgan fingerprint density at radius 2 is 2.00 bits per heavy atom. The second kappa shape index (κ2) is 7.42. The molecule has 1 heterocycles. The first kappa shape index (κ1) is 17.1. The molecule has 0 fully saturated rings. The fraction of sp³-hybridized carbons (Fsp3) is 0.105. The van der Waals surface area contributed by atoms with Crippen LogP contribution in [0.3, 0.4) is 0 Å². The van der Waals surface area contributed by atoms with Gasteiger partial charge in [-0.15, -0.1) is 0 Å². The molecule has 0 radical (unpaired) electrons. The van der Waals surface area contributed by atoms with Crippen molar-refractivity contribution in [3.63, 3.8) is 0 Å². The average molecular weight is 358 g/mol. The SMILES string of the molecule is COc1ccc(NC(=O)c2ccc(-c3ccccc3Cl)o2)cc1CO. The minimum atomic E-state index is -0.396. The van der Waals surface area contributed by atoms with Crippen molar-refractivity contribution in [2.24, 2.45) is 0 Å². The van der Waals surface area contributed by atoms with E-state index in [2.05, 4.69) is 5.32 Å². The van der Waals surface area contributed by atoms with Crippen molar-refractivity contribution in [3.05, 3.63) is 70.9 Å². The number of ether oxygens (including phenoxy) is 1. The van der Waals surface area contributed by atoms with Crippen LogP contribution in [-0.4, -0.2) is 18.1 Å². The highest BCUT2D eigenvalue weighted by molar-refractivity contribution is 6.33. The quantitative estimate of drug-likeness (QED) is 0.712. The standard InChI is InChI=1S/C19H16ClNO4/c1-24-16-7-6-13(10-12(16)11-22)21-19(23)18-9-8-17(25-18)14-4-2-3-5-15(14)20/h2-10,22H,11H2,1H3,(H,21,23). The van der Waals surface area contributed by atoms with Crippen LogP contribution in [0.4, 0.5) is 5.69 Å². The van der Waals surface area contributed by atoms with E-state index >= 15 is 0 Å². The van der Waals surface area contributed by atoms with Gasteiger partial charge in [-0.25, -0.2) is 0 Å². The van der Waals surface area contributed by atoms with E-state index in [-0.39, 0.29) is 12.4 Å². The summed E-state index contributed by atoms with van der Waals surface area (Å²) in [7, 11) is 1.52. The first-order valence-electron chi connectivity index (χ1n) is 7.56. The van der Waals surface area contributed by atoms with E-state index in [4.69, 9.17) is 20.8 Å². The number of amides is 1. The first-order chi connectivity index (χ1) is 12.1. The third-order valence-electron chi connectivity index (χ3n) is 3.68. The van der Waals surface area contributed by atoms with Gasteiger partial charge in [-0.1, -0.05) is 23.7 Å². The number of rotatable bonds is 5. The van der Waals surface area contributed by atoms with E-state index in [0.29, 0.717) is 27.8 Å². The number of benzene rings is 2. The van der Waals surface area contributed by atoms with Crippen molar-refractivity contribution < 1.29 is 19.1 Å².